The number of hydrogen-bond donors (Lipinski definition) is 3. The van der Waals surface area contributed by atoms with Gasteiger partial charge in [-0.05, 0) is 25.5 Å². The number of aryl methyl sites for hydroxylation is 1. The van der Waals surface area contributed by atoms with Gasteiger partial charge in [-0.25, -0.2) is 10.8 Å². The minimum atomic E-state index is -4.20. The SMILES string of the molecule is Cc1cc(C(=O)NCCCC(F)(F)F)cc(NN)n1. The summed E-state index contributed by atoms with van der Waals surface area (Å²) >= 11 is 0. The summed E-state index contributed by atoms with van der Waals surface area (Å²) in [5.41, 5.74) is 3.19. The molecule has 1 aromatic heterocycles. The Bertz CT molecular complexity index is 448. The molecule has 1 aromatic rings. The average molecular weight is 276 g/mol. The number of rotatable bonds is 5. The zero-order valence-electron chi connectivity index (χ0n) is 10.3. The number of aromatic nitrogens is 1. The van der Waals surface area contributed by atoms with Crippen LogP contribution in [0.2, 0.25) is 0 Å². The zero-order valence-corrected chi connectivity index (χ0v) is 10.3. The van der Waals surface area contributed by atoms with Crippen molar-refractivity contribution in [1.29, 1.82) is 0 Å². The number of nitrogens with zero attached hydrogens (tertiary/aromatic N) is 1. The van der Waals surface area contributed by atoms with Gasteiger partial charge in [-0.2, -0.15) is 13.2 Å². The van der Waals surface area contributed by atoms with Crippen molar-refractivity contribution >= 4 is 11.7 Å². The summed E-state index contributed by atoms with van der Waals surface area (Å²) in [7, 11) is 0. The predicted octanol–water partition coefficient (Wildman–Crippen LogP) is 1.75. The van der Waals surface area contributed by atoms with E-state index in [0.29, 0.717) is 17.1 Å². The summed E-state index contributed by atoms with van der Waals surface area (Å²) in [6, 6.07) is 2.95. The molecule has 0 spiro atoms. The van der Waals surface area contributed by atoms with Gasteiger partial charge in [0.2, 0.25) is 0 Å². The minimum Gasteiger partial charge on any atom is -0.352 e. The largest absolute Gasteiger partial charge is 0.389 e. The number of halogens is 3. The number of anilines is 1. The van der Waals surface area contributed by atoms with E-state index in [1.165, 1.54) is 12.1 Å². The number of carbonyl (C=O) groups is 1. The van der Waals surface area contributed by atoms with Crippen LogP contribution < -0.4 is 16.6 Å². The second-order valence-corrected chi connectivity index (χ2v) is 4.00. The van der Waals surface area contributed by atoms with Gasteiger partial charge < -0.3 is 10.7 Å². The molecule has 0 aromatic carbocycles. The van der Waals surface area contributed by atoms with Crippen molar-refractivity contribution in [2.45, 2.75) is 25.9 Å². The van der Waals surface area contributed by atoms with Crippen molar-refractivity contribution in [3.63, 3.8) is 0 Å². The molecular formula is C11H15F3N4O. The van der Waals surface area contributed by atoms with E-state index in [4.69, 9.17) is 5.84 Å². The van der Waals surface area contributed by atoms with Crippen molar-refractivity contribution < 1.29 is 18.0 Å². The molecule has 19 heavy (non-hydrogen) atoms. The van der Waals surface area contributed by atoms with Crippen LogP contribution in [0.3, 0.4) is 0 Å². The van der Waals surface area contributed by atoms with Gasteiger partial charge in [-0.15, -0.1) is 0 Å². The van der Waals surface area contributed by atoms with Crippen molar-refractivity contribution in [3.05, 3.63) is 23.4 Å². The normalized spacial score (nSPS) is 11.2. The van der Waals surface area contributed by atoms with E-state index >= 15 is 0 Å². The Kier molecular flexibility index (Phi) is 5.11. The number of alkyl halides is 3. The lowest BCUT2D eigenvalue weighted by molar-refractivity contribution is -0.135. The van der Waals surface area contributed by atoms with Gasteiger partial charge in [0.05, 0.1) is 0 Å². The summed E-state index contributed by atoms with van der Waals surface area (Å²) in [5.74, 6) is 5.05. The second kappa shape index (κ2) is 6.37. The minimum absolute atomic E-state index is 0.0366. The van der Waals surface area contributed by atoms with Crippen molar-refractivity contribution in [3.8, 4) is 0 Å². The molecule has 1 amide bonds. The molecule has 1 rings (SSSR count). The first-order valence-electron chi connectivity index (χ1n) is 5.62. The maximum absolute atomic E-state index is 11.9. The summed E-state index contributed by atoms with van der Waals surface area (Å²) in [6.45, 7) is 1.65. The number of nitrogens with two attached hydrogens (primary N) is 1. The molecule has 0 saturated heterocycles. The number of nitrogens with one attached hydrogen (secondary N) is 2. The van der Waals surface area contributed by atoms with E-state index in [0.717, 1.165) is 0 Å². The topological polar surface area (TPSA) is 80.0 Å². The molecule has 0 bridgehead atoms. The van der Waals surface area contributed by atoms with Crippen LogP contribution in [-0.2, 0) is 0 Å². The van der Waals surface area contributed by atoms with Crippen molar-refractivity contribution in [2.75, 3.05) is 12.0 Å². The third-order valence-corrected chi connectivity index (χ3v) is 2.29. The molecular weight excluding hydrogens is 261 g/mol. The lowest BCUT2D eigenvalue weighted by Crippen LogP contribution is -2.26. The standard InChI is InChI=1S/C11H15F3N4O/c1-7-5-8(6-9(17-7)18-15)10(19)16-4-2-3-11(12,13)14/h5-6H,2-4,15H2,1H3,(H,16,19)(H,17,18). The van der Waals surface area contributed by atoms with E-state index in [2.05, 4.69) is 15.7 Å². The molecule has 0 saturated carbocycles. The molecule has 0 aliphatic rings. The average Bonchev–Trinajstić information content (AvgIpc) is 2.32. The van der Waals surface area contributed by atoms with Crippen LogP contribution in [0.1, 0.15) is 28.9 Å². The monoisotopic (exact) mass is 276 g/mol. The smallest absolute Gasteiger partial charge is 0.352 e. The fraction of sp³-hybridized carbons (Fsp3) is 0.455. The number of nitrogen functional groups attached to an aromatic ring is 1. The highest BCUT2D eigenvalue weighted by Crippen LogP contribution is 2.20. The first-order valence-corrected chi connectivity index (χ1v) is 5.62. The molecule has 5 nitrogen and oxygen atoms in total. The van der Waals surface area contributed by atoms with Gasteiger partial charge in [0.15, 0.2) is 0 Å². The Morgan fingerprint density at radius 1 is 1.42 bits per heavy atom. The predicted molar refractivity (Wildman–Crippen MR) is 64.4 cm³/mol. The highest BCUT2D eigenvalue weighted by atomic mass is 19.4. The van der Waals surface area contributed by atoms with Crippen LogP contribution in [0.5, 0.6) is 0 Å². The van der Waals surface area contributed by atoms with Crippen LogP contribution in [-0.4, -0.2) is 23.6 Å². The third kappa shape index (κ3) is 5.56. The molecule has 4 N–H and O–H groups in total. The van der Waals surface area contributed by atoms with Crippen molar-refractivity contribution in [1.82, 2.24) is 10.3 Å². The van der Waals surface area contributed by atoms with E-state index in [1.807, 2.05) is 0 Å². The van der Waals surface area contributed by atoms with E-state index in [9.17, 15) is 18.0 Å². The quantitative estimate of drug-likeness (QED) is 0.435. The summed E-state index contributed by atoms with van der Waals surface area (Å²) < 4.78 is 35.7. The van der Waals surface area contributed by atoms with E-state index < -0.39 is 18.5 Å². The lowest BCUT2D eigenvalue weighted by atomic mass is 10.2. The molecule has 8 heteroatoms. The lowest BCUT2D eigenvalue weighted by Gasteiger charge is -2.09. The molecule has 1 heterocycles. The number of hydrogen-bond acceptors (Lipinski definition) is 4. The summed E-state index contributed by atoms with van der Waals surface area (Å²) in [4.78, 5) is 15.7. The highest BCUT2D eigenvalue weighted by Gasteiger charge is 2.26. The third-order valence-electron chi connectivity index (χ3n) is 2.29. The number of amides is 1. The van der Waals surface area contributed by atoms with Gasteiger partial charge in [-0.1, -0.05) is 0 Å². The molecule has 0 atom stereocenters. The first-order chi connectivity index (χ1) is 8.81. The Balaban J connectivity index is 2.52. The van der Waals surface area contributed by atoms with Crippen LogP contribution in [0.25, 0.3) is 0 Å². The van der Waals surface area contributed by atoms with Crippen LogP contribution in [0.4, 0.5) is 19.0 Å². The summed E-state index contributed by atoms with van der Waals surface area (Å²) in [5, 5.41) is 2.41. The highest BCUT2D eigenvalue weighted by molar-refractivity contribution is 5.94. The molecule has 0 fully saturated rings. The number of hydrazine groups is 1. The number of pyridine rings is 1. The van der Waals surface area contributed by atoms with Gasteiger partial charge in [0.1, 0.15) is 5.82 Å². The number of carbonyl (C=O) groups excluding carboxylic acids is 1. The maximum atomic E-state index is 11.9. The Hall–Kier alpha value is -1.83. The molecule has 106 valence electrons. The van der Waals surface area contributed by atoms with Crippen LogP contribution in [0.15, 0.2) is 12.1 Å². The van der Waals surface area contributed by atoms with Crippen molar-refractivity contribution in [2.24, 2.45) is 5.84 Å². The van der Waals surface area contributed by atoms with Gasteiger partial charge in [-0.3, -0.25) is 4.79 Å². The molecule has 0 radical (unpaired) electrons. The van der Waals surface area contributed by atoms with Gasteiger partial charge >= 0.3 is 6.18 Å². The Labute approximate surface area is 108 Å². The fourth-order valence-corrected chi connectivity index (χ4v) is 1.47. The van der Waals surface area contributed by atoms with Gasteiger partial charge in [0.25, 0.3) is 5.91 Å². The van der Waals surface area contributed by atoms with E-state index in [1.54, 1.807) is 6.92 Å². The molecule has 0 aliphatic carbocycles. The fourth-order valence-electron chi connectivity index (χ4n) is 1.47. The Morgan fingerprint density at radius 2 is 2.11 bits per heavy atom. The molecule has 0 aliphatic heterocycles. The maximum Gasteiger partial charge on any atom is 0.389 e. The molecule has 0 unspecified atom stereocenters. The van der Waals surface area contributed by atoms with Gasteiger partial charge in [0, 0.05) is 24.2 Å². The zero-order chi connectivity index (χ0) is 14.5. The first kappa shape index (κ1) is 15.2. The van der Waals surface area contributed by atoms with Crippen LogP contribution >= 0.6 is 0 Å². The summed E-state index contributed by atoms with van der Waals surface area (Å²) in [6.07, 6.45) is -5.27. The van der Waals surface area contributed by atoms with Crippen LogP contribution in [0, 0.1) is 6.92 Å². The second-order valence-electron chi connectivity index (χ2n) is 4.00. The Morgan fingerprint density at radius 3 is 2.68 bits per heavy atom. The van der Waals surface area contributed by atoms with E-state index in [-0.39, 0.29) is 13.0 Å².